The topological polar surface area (TPSA) is 55.4 Å². The van der Waals surface area contributed by atoms with Gasteiger partial charge in [0.15, 0.2) is 0 Å². The maximum atomic E-state index is 8.52. The van der Waals surface area contributed by atoms with E-state index in [-0.39, 0.29) is 7.25 Å². The number of hydrogen-bond acceptors (Lipinski definition) is 6. The van der Waals surface area contributed by atoms with Crippen LogP contribution in [0, 0.1) is 0 Å². The SMILES string of the molecule is COc1cc(OC)c(-c2cccc3c2C=C(C)[CH]3[Zr]([Cl])([Cl])([CH]2C(C)=Cc3c(-c4c(OC)cc(OC)cc4OC)cccc32)[SiH](C)C)c(OC)c1. The van der Waals surface area contributed by atoms with Crippen LogP contribution in [-0.4, -0.2) is 48.6 Å². The fourth-order valence-corrected chi connectivity index (χ4v) is 41.3. The van der Waals surface area contributed by atoms with Crippen LogP contribution in [0.1, 0.15) is 43.4 Å². The molecule has 4 aromatic carbocycles. The maximum absolute atomic E-state index is 8.52. The van der Waals surface area contributed by atoms with E-state index in [9.17, 15) is 0 Å². The molecule has 6 nitrogen and oxygen atoms in total. The second kappa shape index (κ2) is 13.8. The molecule has 0 fully saturated rings. The van der Waals surface area contributed by atoms with Gasteiger partial charge in [0.2, 0.25) is 0 Å². The molecule has 0 aromatic heterocycles. The summed E-state index contributed by atoms with van der Waals surface area (Å²) in [5.74, 6) is 2.25. The van der Waals surface area contributed by atoms with Gasteiger partial charge in [-0.3, -0.25) is 0 Å². The first-order chi connectivity index (χ1) is 23.9. The van der Waals surface area contributed by atoms with E-state index in [0.717, 1.165) is 33.4 Å². The molecule has 263 valence electrons. The third kappa shape index (κ3) is 5.53. The van der Waals surface area contributed by atoms with Gasteiger partial charge < -0.3 is 0 Å². The van der Waals surface area contributed by atoms with Crippen LogP contribution in [0.4, 0.5) is 0 Å². The van der Waals surface area contributed by atoms with E-state index in [2.05, 4.69) is 75.5 Å². The second-order valence-corrected chi connectivity index (χ2v) is 56.0. The van der Waals surface area contributed by atoms with Crippen molar-refractivity contribution in [2.45, 2.75) is 34.2 Å². The van der Waals surface area contributed by atoms with Gasteiger partial charge in [-0.25, -0.2) is 0 Å². The van der Waals surface area contributed by atoms with Crippen molar-refractivity contribution < 1.29 is 44.0 Å². The number of ether oxygens (including phenoxy) is 6. The number of allylic oxidation sites excluding steroid dienone is 2. The average molecular weight is 812 g/mol. The van der Waals surface area contributed by atoms with E-state index >= 15 is 0 Å². The number of rotatable bonds is 11. The summed E-state index contributed by atoms with van der Waals surface area (Å²) in [5, 5.41) is 0. The normalized spacial score (nSPS) is 17.3. The first-order valence-corrected chi connectivity index (χ1v) is 33.0. The second-order valence-electron chi connectivity index (χ2n) is 13.5. The Labute approximate surface area is 304 Å². The number of benzene rings is 4. The van der Waals surface area contributed by atoms with Gasteiger partial charge in [0, 0.05) is 0 Å². The van der Waals surface area contributed by atoms with Crippen molar-refractivity contribution in [3.8, 4) is 56.8 Å². The van der Waals surface area contributed by atoms with Gasteiger partial charge in [-0.05, 0) is 0 Å². The van der Waals surface area contributed by atoms with E-state index in [1.54, 1.807) is 42.7 Å². The fourth-order valence-electron chi connectivity index (χ4n) is 8.38. The molecule has 0 radical (unpaired) electrons. The van der Waals surface area contributed by atoms with Gasteiger partial charge in [0.25, 0.3) is 0 Å². The van der Waals surface area contributed by atoms with Crippen molar-refractivity contribution in [1.82, 2.24) is 0 Å². The first-order valence-electron chi connectivity index (χ1n) is 16.7. The van der Waals surface area contributed by atoms with Crippen molar-refractivity contribution in [2.24, 2.45) is 0 Å². The van der Waals surface area contributed by atoms with Gasteiger partial charge in [0.1, 0.15) is 0 Å². The van der Waals surface area contributed by atoms with Crippen LogP contribution < -0.4 is 28.4 Å². The zero-order valence-corrected chi connectivity index (χ0v) is 35.5. The molecule has 4 aromatic rings. The minimum atomic E-state index is -4.97. The molecule has 2 aliphatic carbocycles. The molecule has 2 aliphatic rings. The van der Waals surface area contributed by atoms with Crippen molar-refractivity contribution in [3.63, 3.8) is 0 Å². The van der Waals surface area contributed by atoms with Gasteiger partial charge in [-0.1, -0.05) is 0 Å². The Morgan fingerprint density at radius 1 is 0.540 bits per heavy atom. The Bertz CT molecular complexity index is 1870. The number of methoxy groups -OCH3 is 6. The van der Waals surface area contributed by atoms with Crippen LogP contribution in [-0.2, 0) is 15.6 Å². The molecule has 6 rings (SSSR count). The Morgan fingerprint density at radius 3 is 1.16 bits per heavy atom. The quantitative estimate of drug-likeness (QED) is 0.141. The third-order valence-corrected chi connectivity index (χ3v) is 63.0. The summed E-state index contributed by atoms with van der Waals surface area (Å²) >= 11 is -4.97. The summed E-state index contributed by atoms with van der Waals surface area (Å²) in [5.41, 5.74) is 10.7. The molecular formula is C40H45Cl2O6SiZr. The zero-order valence-electron chi connectivity index (χ0n) is 30.4. The van der Waals surface area contributed by atoms with E-state index in [4.69, 9.17) is 45.4 Å². The monoisotopic (exact) mass is 809 g/mol. The molecule has 0 N–H and O–H groups in total. The Balaban J connectivity index is 1.57. The standard InChI is InChI=1S/2C19H19O3.C2H7Si.2ClH.Zr/c2*1-12-8-13-6-5-7-15(16(13)9-12)19-17(21-3)10-14(20-2)11-18(19)22-4;1-3-2;;;/h2*5-11H,1-4H3;3H,1-2H3;2*1H;/q;;;;;+2/p-2. The number of hydrogen-bond donors (Lipinski definition) is 0. The molecule has 2 unspecified atom stereocenters. The molecule has 0 heterocycles. The fraction of sp³-hybridized carbons (Fsp3) is 0.300. The van der Waals surface area contributed by atoms with Gasteiger partial charge in [0.05, 0.1) is 0 Å². The van der Waals surface area contributed by atoms with Crippen LogP contribution in [0.25, 0.3) is 34.4 Å². The summed E-state index contributed by atoms with van der Waals surface area (Å²) in [4.78, 5) is 0. The zero-order chi connectivity index (χ0) is 36.1. The predicted octanol–water partition coefficient (Wildman–Crippen LogP) is 10.7. The summed E-state index contributed by atoms with van der Waals surface area (Å²) in [6.45, 7) is 9.09. The molecule has 0 amide bonds. The summed E-state index contributed by atoms with van der Waals surface area (Å²) < 4.78 is 34.6. The molecule has 0 bridgehead atoms. The van der Waals surface area contributed by atoms with Gasteiger partial charge >= 0.3 is 307 Å². The van der Waals surface area contributed by atoms with Gasteiger partial charge in [-0.15, -0.1) is 0 Å². The van der Waals surface area contributed by atoms with Crippen LogP contribution in [0.5, 0.6) is 34.5 Å². The molecule has 0 spiro atoms. The molecule has 0 aliphatic heterocycles. The summed E-state index contributed by atoms with van der Waals surface area (Å²) in [6.07, 6.45) is 4.57. The van der Waals surface area contributed by atoms with Gasteiger partial charge in [-0.2, -0.15) is 0 Å². The van der Waals surface area contributed by atoms with E-state index in [1.165, 1.54) is 22.3 Å². The molecule has 10 heteroatoms. The van der Waals surface area contributed by atoms with Crippen LogP contribution >= 0.6 is 17.0 Å². The average Bonchev–Trinajstić information content (AvgIpc) is 3.66. The Hall–Kier alpha value is -3.16. The molecule has 0 saturated carbocycles. The molecule has 50 heavy (non-hydrogen) atoms. The first kappa shape index (κ1) is 36.6. The number of fused-ring (bicyclic) bond motifs is 2. The van der Waals surface area contributed by atoms with Crippen molar-refractivity contribution in [1.29, 1.82) is 0 Å². The summed E-state index contributed by atoms with van der Waals surface area (Å²) in [6, 6.07) is 20.4. The van der Waals surface area contributed by atoms with Crippen molar-refractivity contribution in [2.75, 3.05) is 42.7 Å². The Morgan fingerprint density at radius 2 is 0.880 bits per heavy atom. The van der Waals surface area contributed by atoms with Crippen LogP contribution in [0.3, 0.4) is 0 Å². The van der Waals surface area contributed by atoms with E-state index < -0.39 is 21.5 Å². The minimum absolute atomic E-state index is 0.0790. The third-order valence-electron chi connectivity index (χ3n) is 10.7. The molecular weight excluding hydrogens is 767 g/mol. The van der Waals surface area contributed by atoms with Crippen molar-refractivity contribution in [3.05, 3.63) is 94.1 Å². The number of halogens is 2. The molecule has 2 atom stereocenters. The van der Waals surface area contributed by atoms with Crippen LogP contribution in [0.15, 0.2) is 71.8 Å². The van der Waals surface area contributed by atoms with Crippen molar-refractivity contribution >= 4 is 35.1 Å². The van der Waals surface area contributed by atoms with E-state index in [1.807, 2.05) is 24.3 Å². The van der Waals surface area contributed by atoms with Crippen LogP contribution in [0.2, 0.25) is 13.1 Å². The predicted molar refractivity (Wildman–Crippen MR) is 206 cm³/mol. The Kier molecular flexibility index (Phi) is 10.1. The molecule has 0 saturated heterocycles. The van der Waals surface area contributed by atoms with E-state index in [0.29, 0.717) is 34.5 Å². The summed E-state index contributed by atoms with van der Waals surface area (Å²) in [7, 11) is 27.0.